The first kappa shape index (κ1) is 18.1. The molecule has 0 unspecified atom stereocenters. The number of rotatable bonds is 4. The summed E-state index contributed by atoms with van der Waals surface area (Å²) in [6.07, 6.45) is 1.75. The van der Waals surface area contributed by atoms with Gasteiger partial charge in [0.05, 0.1) is 32.2 Å². The monoisotopic (exact) mass is 413 g/mol. The van der Waals surface area contributed by atoms with E-state index in [4.69, 9.17) is 46.4 Å². The third kappa shape index (κ3) is 4.28. The Labute approximate surface area is 164 Å². The summed E-state index contributed by atoms with van der Waals surface area (Å²) in [6, 6.07) is 11.9. The minimum atomic E-state index is -0.382. The average molecular weight is 415 g/mol. The molecule has 0 spiro atoms. The second-order valence-electron chi connectivity index (χ2n) is 5.20. The molecular weight excluding hydrogens is 404 g/mol. The molecular formula is C17H11Cl4N3O. The van der Waals surface area contributed by atoms with E-state index < -0.39 is 0 Å². The SMILES string of the molecule is O=C(Nc1ccn(Cc2ccc(Cl)c(Cl)c2)n1)c1cccc(Cl)c1Cl. The fraction of sp³-hybridized carbons (Fsp3) is 0.0588. The highest BCUT2D eigenvalue weighted by molar-refractivity contribution is 6.44. The van der Waals surface area contributed by atoms with E-state index in [1.165, 1.54) is 0 Å². The number of aromatic nitrogens is 2. The highest BCUT2D eigenvalue weighted by Crippen LogP contribution is 2.26. The van der Waals surface area contributed by atoms with Crippen molar-refractivity contribution < 1.29 is 4.79 Å². The Kier molecular flexibility index (Phi) is 5.54. The van der Waals surface area contributed by atoms with Gasteiger partial charge in [-0.25, -0.2) is 0 Å². The molecule has 8 heteroatoms. The maximum atomic E-state index is 12.3. The summed E-state index contributed by atoms with van der Waals surface area (Å²) >= 11 is 23.9. The number of halogens is 4. The second kappa shape index (κ2) is 7.67. The Morgan fingerprint density at radius 3 is 2.56 bits per heavy atom. The van der Waals surface area contributed by atoms with Gasteiger partial charge < -0.3 is 5.32 Å². The average Bonchev–Trinajstić information content (AvgIpc) is 3.00. The third-order valence-electron chi connectivity index (χ3n) is 3.41. The van der Waals surface area contributed by atoms with Crippen molar-refractivity contribution in [2.45, 2.75) is 6.54 Å². The molecule has 2 aromatic carbocycles. The lowest BCUT2D eigenvalue weighted by atomic mass is 10.2. The summed E-state index contributed by atoms with van der Waals surface area (Å²) in [4.78, 5) is 12.3. The van der Waals surface area contributed by atoms with Crippen LogP contribution in [0.2, 0.25) is 20.1 Å². The standard InChI is InChI=1S/C17H11Cl4N3O/c18-12-5-4-10(8-14(12)20)9-24-7-6-15(23-24)22-17(25)11-2-1-3-13(19)16(11)21/h1-8H,9H2,(H,22,23,25). The van der Waals surface area contributed by atoms with Crippen LogP contribution in [0.4, 0.5) is 5.82 Å². The molecule has 25 heavy (non-hydrogen) atoms. The van der Waals surface area contributed by atoms with Crippen LogP contribution in [0.15, 0.2) is 48.7 Å². The summed E-state index contributed by atoms with van der Waals surface area (Å²) in [6.45, 7) is 0.491. The van der Waals surface area contributed by atoms with Crippen LogP contribution in [0.1, 0.15) is 15.9 Å². The zero-order valence-electron chi connectivity index (χ0n) is 12.6. The smallest absolute Gasteiger partial charge is 0.258 e. The van der Waals surface area contributed by atoms with Gasteiger partial charge in [-0.15, -0.1) is 0 Å². The number of carbonyl (C=O) groups excluding carboxylic acids is 1. The van der Waals surface area contributed by atoms with E-state index in [-0.39, 0.29) is 16.5 Å². The van der Waals surface area contributed by atoms with E-state index >= 15 is 0 Å². The highest BCUT2D eigenvalue weighted by Gasteiger charge is 2.14. The summed E-state index contributed by atoms with van der Waals surface area (Å²) in [5, 5.41) is 8.50. The van der Waals surface area contributed by atoms with Crippen LogP contribution >= 0.6 is 46.4 Å². The summed E-state index contributed by atoms with van der Waals surface area (Å²) in [7, 11) is 0. The van der Waals surface area contributed by atoms with Crippen molar-refractivity contribution in [2.24, 2.45) is 0 Å². The van der Waals surface area contributed by atoms with Crippen molar-refractivity contribution in [1.82, 2.24) is 9.78 Å². The van der Waals surface area contributed by atoms with E-state index in [1.54, 1.807) is 47.3 Å². The fourth-order valence-corrected chi connectivity index (χ4v) is 2.91. The molecule has 0 aliphatic carbocycles. The number of nitrogens with one attached hydrogen (secondary N) is 1. The van der Waals surface area contributed by atoms with Crippen molar-refractivity contribution in [3.8, 4) is 0 Å². The zero-order chi connectivity index (χ0) is 18.0. The van der Waals surface area contributed by atoms with Gasteiger partial charge in [-0.3, -0.25) is 9.48 Å². The quantitative estimate of drug-likeness (QED) is 0.586. The third-order valence-corrected chi connectivity index (χ3v) is 4.97. The lowest BCUT2D eigenvalue weighted by Gasteiger charge is -2.06. The Morgan fingerprint density at radius 1 is 1.00 bits per heavy atom. The van der Waals surface area contributed by atoms with Crippen molar-refractivity contribution in [1.29, 1.82) is 0 Å². The van der Waals surface area contributed by atoms with Gasteiger partial charge >= 0.3 is 0 Å². The Balaban J connectivity index is 1.72. The minimum absolute atomic E-state index is 0.205. The molecule has 4 nitrogen and oxygen atoms in total. The first-order valence-electron chi connectivity index (χ1n) is 7.17. The van der Waals surface area contributed by atoms with Gasteiger partial charge in [0.25, 0.3) is 5.91 Å². The molecule has 1 heterocycles. The normalized spacial score (nSPS) is 10.7. The predicted molar refractivity (Wildman–Crippen MR) is 102 cm³/mol. The number of anilines is 1. The first-order valence-corrected chi connectivity index (χ1v) is 8.68. The summed E-state index contributed by atoms with van der Waals surface area (Å²) in [5.41, 5.74) is 1.22. The maximum Gasteiger partial charge on any atom is 0.258 e. The Hall–Kier alpha value is -1.72. The molecule has 1 N–H and O–H groups in total. The summed E-state index contributed by atoms with van der Waals surface area (Å²) in [5.74, 6) is 0.0217. The van der Waals surface area contributed by atoms with Crippen LogP contribution in [-0.2, 0) is 6.54 Å². The molecule has 0 aliphatic rings. The number of amides is 1. The van der Waals surface area contributed by atoms with Gasteiger partial charge in [0, 0.05) is 12.3 Å². The molecule has 1 aromatic heterocycles. The van der Waals surface area contributed by atoms with Crippen LogP contribution in [0.5, 0.6) is 0 Å². The molecule has 0 saturated carbocycles. The van der Waals surface area contributed by atoms with Crippen molar-refractivity contribution in [2.75, 3.05) is 5.32 Å². The summed E-state index contributed by atoms with van der Waals surface area (Å²) < 4.78 is 1.68. The van der Waals surface area contributed by atoms with Crippen molar-refractivity contribution in [3.05, 3.63) is 79.9 Å². The largest absolute Gasteiger partial charge is 0.305 e. The van der Waals surface area contributed by atoms with Crippen molar-refractivity contribution in [3.63, 3.8) is 0 Å². The predicted octanol–water partition coefficient (Wildman–Crippen LogP) is 5.80. The van der Waals surface area contributed by atoms with E-state index in [0.717, 1.165) is 5.56 Å². The van der Waals surface area contributed by atoms with Gasteiger partial charge in [0.15, 0.2) is 5.82 Å². The first-order chi connectivity index (χ1) is 11.9. The maximum absolute atomic E-state index is 12.3. The molecule has 0 fully saturated rings. The molecule has 1 amide bonds. The Morgan fingerprint density at radius 2 is 1.80 bits per heavy atom. The molecule has 3 rings (SSSR count). The van der Waals surface area contributed by atoms with Gasteiger partial charge in [-0.1, -0.05) is 58.5 Å². The Bertz CT molecular complexity index is 939. The van der Waals surface area contributed by atoms with E-state index in [9.17, 15) is 4.79 Å². The lowest BCUT2D eigenvalue weighted by molar-refractivity contribution is 0.102. The van der Waals surface area contributed by atoms with Crippen LogP contribution in [0.3, 0.4) is 0 Å². The molecule has 0 bridgehead atoms. The molecule has 0 aliphatic heterocycles. The topological polar surface area (TPSA) is 46.9 Å². The lowest BCUT2D eigenvalue weighted by Crippen LogP contribution is -2.13. The van der Waals surface area contributed by atoms with Crippen LogP contribution in [-0.4, -0.2) is 15.7 Å². The zero-order valence-corrected chi connectivity index (χ0v) is 15.7. The van der Waals surface area contributed by atoms with Gasteiger partial charge in [-0.05, 0) is 29.8 Å². The second-order valence-corrected chi connectivity index (χ2v) is 6.80. The minimum Gasteiger partial charge on any atom is -0.305 e. The highest BCUT2D eigenvalue weighted by atomic mass is 35.5. The number of nitrogens with zero attached hydrogens (tertiary/aromatic N) is 2. The van der Waals surface area contributed by atoms with Gasteiger partial charge in [0.1, 0.15) is 0 Å². The number of benzene rings is 2. The fourth-order valence-electron chi connectivity index (χ4n) is 2.20. The van der Waals surface area contributed by atoms with Crippen LogP contribution < -0.4 is 5.32 Å². The van der Waals surface area contributed by atoms with E-state index in [1.807, 2.05) is 6.07 Å². The van der Waals surface area contributed by atoms with Crippen LogP contribution in [0.25, 0.3) is 0 Å². The number of hydrogen-bond donors (Lipinski definition) is 1. The van der Waals surface area contributed by atoms with Gasteiger partial charge in [0.2, 0.25) is 0 Å². The van der Waals surface area contributed by atoms with E-state index in [0.29, 0.717) is 27.4 Å². The number of carbonyl (C=O) groups is 1. The molecule has 3 aromatic rings. The number of hydrogen-bond acceptors (Lipinski definition) is 2. The van der Waals surface area contributed by atoms with Gasteiger partial charge in [-0.2, -0.15) is 5.10 Å². The molecule has 0 saturated heterocycles. The molecule has 0 atom stereocenters. The van der Waals surface area contributed by atoms with Crippen molar-refractivity contribution >= 4 is 58.1 Å². The van der Waals surface area contributed by atoms with E-state index in [2.05, 4.69) is 10.4 Å². The molecule has 0 radical (unpaired) electrons. The van der Waals surface area contributed by atoms with Crippen LogP contribution in [0, 0.1) is 0 Å². The molecule has 128 valence electrons.